The molecule has 0 fully saturated rings. The second-order valence-electron chi connectivity index (χ2n) is 4.33. The van der Waals surface area contributed by atoms with Crippen LogP contribution in [0, 0.1) is 5.92 Å². The van der Waals surface area contributed by atoms with Crippen molar-refractivity contribution in [1.82, 2.24) is 0 Å². The van der Waals surface area contributed by atoms with Crippen LogP contribution in [0.25, 0.3) is 0 Å². The van der Waals surface area contributed by atoms with Crippen molar-refractivity contribution in [3.05, 3.63) is 29.8 Å². The molecule has 0 heterocycles. The van der Waals surface area contributed by atoms with E-state index < -0.39 is 12.0 Å². The fourth-order valence-electron chi connectivity index (χ4n) is 1.34. The SMILES string of the molecule is COC(=O)c1ccc(NC(=O)C(N)C(C)C)cc1. The van der Waals surface area contributed by atoms with E-state index in [1.165, 1.54) is 7.11 Å². The number of anilines is 1. The summed E-state index contributed by atoms with van der Waals surface area (Å²) in [5.41, 5.74) is 6.76. The van der Waals surface area contributed by atoms with Crippen LogP contribution in [-0.4, -0.2) is 25.0 Å². The lowest BCUT2D eigenvalue weighted by atomic mass is 10.0. The average Bonchev–Trinajstić information content (AvgIpc) is 2.37. The minimum Gasteiger partial charge on any atom is -0.465 e. The Morgan fingerprint density at radius 1 is 1.22 bits per heavy atom. The van der Waals surface area contributed by atoms with Gasteiger partial charge in [-0.1, -0.05) is 13.8 Å². The molecule has 3 N–H and O–H groups in total. The van der Waals surface area contributed by atoms with Crippen molar-refractivity contribution in [3.63, 3.8) is 0 Å². The topological polar surface area (TPSA) is 81.4 Å². The molecule has 0 spiro atoms. The van der Waals surface area contributed by atoms with Gasteiger partial charge in [-0.2, -0.15) is 0 Å². The van der Waals surface area contributed by atoms with Gasteiger partial charge in [0.05, 0.1) is 18.7 Å². The number of nitrogens with two attached hydrogens (primary N) is 1. The summed E-state index contributed by atoms with van der Waals surface area (Å²) in [6, 6.07) is 5.89. The highest BCUT2D eigenvalue weighted by Gasteiger charge is 2.17. The number of hydrogen-bond donors (Lipinski definition) is 2. The Kier molecular flexibility index (Phi) is 4.85. The molecule has 1 amide bonds. The lowest BCUT2D eigenvalue weighted by molar-refractivity contribution is -0.118. The Bertz CT molecular complexity index is 426. The Morgan fingerprint density at radius 2 is 1.78 bits per heavy atom. The van der Waals surface area contributed by atoms with E-state index >= 15 is 0 Å². The van der Waals surface area contributed by atoms with Crippen LogP contribution in [0.5, 0.6) is 0 Å². The van der Waals surface area contributed by atoms with Gasteiger partial charge in [-0.05, 0) is 30.2 Å². The van der Waals surface area contributed by atoms with Crippen LogP contribution < -0.4 is 11.1 Å². The van der Waals surface area contributed by atoms with Gasteiger partial charge in [0, 0.05) is 5.69 Å². The van der Waals surface area contributed by atoms with Gasteiger partial charge in [0.25, 0.3) is 0 Å². The Labute approximate surface area is 106 Å². The summed E-state index contributed by atoms with van der Waals surface area (Å²) >= 11 is 0. The zero-order chi connectivity index (χ0) is 13.7. The van der Waals surface area contributed by atoms with Gasteiger partial charge < -0.3 is 15.8 Å². The average molecular weight is 250 g/mol. The molecule has 98 valence electrons. The molecule has 0 aromatic heterocycles. The van der Waals surface area contributed by atoms with Crippen molar-refractivity contribution < 1.29 is 14.3 Å². The van der Waals surface area contributed by atoms with E-state index in [0.717, 1.165) is 0 Å². The molecule has 0 saturated carbocycles. The monoisotopic (exact) mass is 250 g/mol. The summed E-state index contributed by atoms with van der Waals surface area (Å²) in [4.78, 5) is 22.9. The summed E-state index contributed by atoms with van der Waals surface area (Å²) in [5, 5.41) is 2.69. The van der Waals surface area contributed by atoms with Crippen molar-refractivity contribution in [1.29, 1.82) is 0 Å². The summed E-state index contributed by atoms with van der Waals surface area (Å²) < 4.78 is 4.58. The number of nitrogens with one attached hydrogen (secondary N) is 1. The molecule has 1 unspecified atom stereocenters. The van der Waals surface area contributed by atoms with Gasteiger partial charge in [0.1, 0.15) is 0 Å². The van der Waals surface area contributed by atoms with Gasteiger partial charge in [-0.3, -0.25) is 4.79 Å². The Balaban J connectivity index is 2.69. The zero-order valence-electron chi connectivity index (χ0n) is 10.8. The van der Waals surface area contributed by atoms with E-state index in [1.54, 1.807) is 24.3 Å². The van der Waals surface area contributed by atoms with E-state index in [9.17, 15) is 9.59 Å². The Morgan fingerprint density at radius 3 is 2.22 bits per heavy atom. The highest BCUT2D eigenvalue weighted by molar-refractivity contribution is 5.95. The molecule has 0 bridgehead atoms. The molecule has 5 heteroatoms. The minimum atomic E-state index is -0.551. The lowest BCUT2D eigenvalue weighted by Gasteiger charge is -2.15. The van der Waals surface area contributed by atoms with Gasteiger partial charge in [-0.25, -0.2) is 4.79 Å². The van der Waals surface area contributed by atoms with Crippen molar-refractivity contribution in [2.75, 3.05) is 12.4 Å². The predicted molar refractivity (Wildman–Crippen MR) is 69.2 cm³/mol. The molecule has 0 saturated heterocycles. The number of esters is 1. The van der Waals surface area contributed by atoms with Crippen molar-refractivity contribution in [3.8, 4) is 0 Å². The van der Waals surface area contributed by atoms with Gasteiger partial charge in [0.2, 0.25) is 5.91 Å². The van der Waals surface area contributed by atoms with Crippen LogP contribution in [0.2, 0.25) is 0 Å². The summed E-state index contributed by atoms with van der Waals surface area (Å²) in [6.45, 7) is 3.76. The molecule has 1 aromatic carbocycles. The second-order valence-corrected chi connectivity index (χ2v) is 4.33. The smallest absolute Gasteiger partial charge is 0.337 e. The third-order valence-corrected chi connectivity index (χ3v) is 2.59. The van der Waals surface area contributed by atoms with E-state index in [4.69, 9.17) is 5.73 Å². The first kappa shape index (κ1) is 14.2. The number of amides is 1. The number of carbonyl (C=O) groups is 2. The third kappa shape index (κ3) is 3.56. The van der Waals surface area contributed by atoms with Crippen LogP contribution in [0.3, 0.4) is 0 Å². The fraction of sp³-hybridized carbons (Fsp3) is 0.385. The molecule has 0 radical (unpaired) electrons. The quantitative estimate of drug-likeness (QED) is 0.791. The largest absolute Gasteiger partial charge is 0.465 e. The normalized spacial score (nSPS) is 12.1. The van der Waals surface area contributed by atoms with E-state index in [0.29, 0.717) is 11.3 Å². The van der Waals surface area contributed by atoms with E-state index in [-0.39, 0.29) is 11.8 Å². The van der Waals surface area contributed by atoms with Crippen LogP contribution in [0.15, 0.2) is 24.3 Å². The first-order chi connectivity index (χ1) is 8.45. The number of rotatable bonds is 4. The van der Waals surface area contributed by atoms with Gasteiger partial charge in [-0.15, -0.1) is 0 Å². The highest BCUT2D eigenvalue weighted by Crippen LogP contribution is 2.11. The number of carbonyl (C=O) groups excluding carboxylic acids is 2. The molecule has 0 aliphatic heterocycles. The number of ether oxygens (including phenoxy) is 1. The highest BCUT2D eigenvalue weighted by atomic mass is 16.5. The van der Waals surface area contributed by atoms with Gasteiger partial charge in [0.15, 0.2) is 0 Å². The van der Waals surface area contributed by atoms with Crippen molar-refractivity contribution in [2.24, 2.45) is 11.7 Å². The molecule has 0 aliphatic rings. The molecular weight excluding hydrogens is 232 g/mol. The molecule has 1 atom stereocenters. The molecule has 18 heavy (non-hydrogen) atoms. The maximum Gasteiger partial charge on any atom is 0.337 e. The van der Waals surface area contributed by atoms with E-state index in [1.807, 2.05) is 13.8 Å². The second kappa shape index (κ2) is 6.16. The molecule has 1 rings (SSSR count). The van der Waals surface area contributed by atoms with Crippen LogP contribution in [0.4, 0.5) is 5.69 Å². The van der Waals surface area contributed by atoms with Crippen LogP contribution in [0.1, 0.15) is 24.2 Å². The van der Waals surface area contributed by atoms with Crippen molar-refractivity contribution in [2.45, 2.75) is 19.9 Å². The number of methoxy groups -OCH3 is 1. The standard InChI is InChI=1S/C13H18N2O3/c1-8(2)11(14)12(16)15-10-6-4-9(5-7-10)13(17)18-3/h4-8,11H,14H2,1-3H3,(H,15,16). The van der Waals surface area contributed by atoms with E-state index in [2.05, 4.69) is 10.1 Å². The third-order valence-electron chi connectivity index (χ3n) is 2.59. The summed E-state index contributed by atoms with van der Waals surface area (Å²) in [6.07, 6.45) is 0. The Hall–Kier alpha value is -1.88. The molecular formula is C13H18N2O3. The van der Waals surface area contributed by atoms with Crippen LogP contribution in [-0.2, 0) is 9.53 Å². The predicted octanol–water partition coefficient (Wildman–Crippen LogP) is 1.39. The fourth-order valence-corrected chi connectivity index (χ4v) is 1.34. The summed E-state index contributed by atoms with van der Waals surface area (Å²) in [5.74, 6) is -0.582. The lowest BCUT2D eigenvalue weighted by Crippen LogP contribution is -2.39. The molecule has 1 aromatic rings. The maximum atomic E-state index is 11.7. The first-order valence-electron chi connectivity index (χ1n) is 5.70. The maximum absolute atomic E-state index is 11.7. The summed E-state index contributed by atoms with van der Waals surface area (Å²) in [7, 11) is 1.32. The number of hydrogen-bond acceptors (Lipinski definition) is 4. The van der Waals surface area contributed by atoms with Crippen molar-refractivity contribution >= 4 is 17.6 Å². The van der Waals surface area contributed by atoms with Gasteiger partial charge >= 0.3 is 5.97 Å². The zero-order valence-corrected chi connectivity index (χ0v) is 10.8. The molecule has 5 nitrogen and oxygen atoms in total. The number of benzene rings is 1. The van der Waals surface area contributed by atoms with Crippen LogP contribution >= 0.6 is 0 Å². The minimum absolute atomic E-state index is 0.0688. The molecule has 0 aliphatic carbocycles. The first-order valence-corrected chi connectivity index (χ1v) is 5.70.